The average molecular weight is 462 g/mol. The second-order valence-corrected chi connectivity index (χ2v) is 10.3. The van der Waals surface area contributed by atoms with Crippen LogP contribution >= 0.6 is 45.9 Å². The molecule has 0 radical (unpaired) electrons. The summed E-state index contributed by atoms with van der Waals surface area (Å²) in [7, 11) is -2.33. The Labute approximate surface area is 174 Å². The molecule has 0 atom stereocenters. The van der Waals surface area contributed by atoms with Gasteiger partial charge in [-0.2, -0.15) is 4.31 Å². The molecular formula is C16H13Cl2N3O3S3. The lowest BCUT2D eigenvalue weighted by Crippen LogP contribution is -2.34. The molecule has 2 aromatic heterocycles. The number of carbonyl (C=O) groups is 1. The van der Waals surface area contributed by atoms with Gasteiger partial charge in [-0.15, -0.1) is 22.7 Å². The summed E-state index contributed by atoms with van der Waals surface area (Å²) in [5.41, 5.74) is 1.28. The van der Waals surface area contributed by atoms with Crippen LogP contribution in [0.1, 0.15) is 0 Å². The first-order chi connectivity index (χ1) is 12.8. The van der Waals surface area contributed by atoms with Crippen LogP contribution in [0.15, 0.2) is 45.3 Å². The number of likely N-dealkylation sites (N-methyl/N-ethyl adjacent to an activating group) is 1. The molecule has 0 aliphatic heterocycles. The van der Waals surface area contributed by atoms with Crippen molar-refractivity contribution in [1.29, 1.82) is 0 Å². The molecule has 0 bridgehead atoms. The standard InChI is InChI=1S/C16H13Cl2N3O3S3/c1-21(27(23,24)15-3-2-6-25-15)8-14(22)20-16-19-13(9-26-16)11-5-4-10(17)7-12(11)18/h2-7,9H,8H2,1H3,(H,19,20,22). The van der Waals surface area contributed by atoms with E-state index >= 15 is 0 Å². The average Bonchev–Trinajstić information content (AvgIpc) is 3.26. The molecule has 2 heterocycles. The van der Waals surface area contributed by atoms with Gasteiger partial charge in [0.05, 0.1) is 17.3 Å². The molecule has 1 amide bonds. The van der Waals surface area contributed by atoms with Crippen molar-refractivity contribution in [3.63, 3.8) is 0 Å². The quantitative estimate of drug-likeness (QED) is 0.588. The Morgan fingerprint density at radius 1 is 1.26 bits per heavy atom. The first kappa shape index (κ1) is 20.2. The fraction of sp³-hybridized carbons (Fsp3) is 0.125. The number of rotatable bonds is 6. The number of sulfonamides is 1. The van der Waals surface area contributed by atoms with E-state index in [1.165, 1.54) is 24.5 Å². The van der Waals surface area contributed by atoms with Gasteiger partial charge in [-0.25, -0.2) is 13.4 Å². The minimum atomic E-state index is -3.69. The molecule has 0 fully saturated rings. The van der Waals surface area contributed by atoms with E-state index in [4.69, 9.17) is 23.2 Å². The number of benzene rings is 1. The number of nitrogens with one attached hydrogen (secondary N) is 1. The lowest BCUT2D eigenvalue weighted by molar-refractivity contribution is -0.116. The summed E-state index contributed by atoms with van der Waals surface area (Å²) in [6.07, 6.45) is 0. The smallest absolute Gasteiger partial charge is 0.252 e. The highest BCUT2D eigenvalue weighted by molar-refractivity contribution is 7.91. The Bertz CT molecular complexity index is 1070. The lowest BCUT2D eigenvalue weighted by atomic mass is 10.2. The van der Waals surface area contributed by atoms with Gasteiger partial charge in [0.1, 0.15) is 4.21 Å². The zero-order chi connectivity index (χ0) is 19.6. The molecule has 0 spiro atoms. The van der Waals surface area contributed by atoms with Crippen LogP contribution in [0.25, 0.3) is 11.3 Å². The van der Waals surface area contributed by atoms with Gasteiger partial charge in [0.25, 0.3) is 10.0 Å². The first-order valence-corrected chi connectivity index (χ1v) is 11.4. The van der Waals surface area contributed by atoms with E-state index in [2.05, 4.69) is 10.3 Å². The molecule has 1 N–H and O–H groups in total. The van der Waals surface area contributed by atoms with Crippen molar-refractivity contribution in [1.82, 2.24) is 9.29 Å². The number of nitrogens with zero attached hydrogens (tertiary/aromatic N) is 2. The highest BCUT2D eigenvalue weighted by atomic mass is 35.5. The second kappa shape index (κ2) is 8.26. The van der Waals surface area contributed by atoms with Crippen molar-refractivity contribution in [3.05, 3.63) is 51.1 Å². The third-order valence-electron chi connectivity index (χ3n) is 3.48. The summed E-state index contributed by atoms with van der Waals surface area (Å²) in [5.74, 6) is -0.485. The monoisotopic (exact) mass is 461 g/mol. The van der Waals surface area contributed by atoms with Crippen molar-refractivity contribution in [3.8, 4) is 11.3 Å². The van der Waals surface area contributed by atoms with E-state index in [9.17, 15) is 13.2 Å². The summed E-state index contributed by atoms with van der Waals surface area (Å²) < 4.78 is 25.9. The van der Waals surface area contributed by atoms with E-state index < -0.39 is 15.9 Å². The number of hydrogen-bond acceptors (Lipinski definition) is 6. The second-order valence-electron chi connectivity index (χ2n) is 5.40. The predicted octanol–water partition coefficient (Wildman–Crippen LogP) is 4.44. The van der Waals surface area contributed by atoms with E-state index in [1.807, 2.05) is 0 Å². The molecule has 142 valence electrons. The van der Waals surface area contributed by atoms with Gasteiger partial charge < -0.3 is 5.32 Å². The van der Waals surface area contributed by atoms with E-state index in [0.29, 0.717) is 26.4 Å². The molecular weight excluding hydrogens is 449 g/mol. The molecule has 6 nitrogen and oxygen atoms in total. The van der Waals surface area contributed by atoms with Crippen molar-refractivity contribution in [2.75, 3.05) is 18.9 Å². The normalized spacial score (nSPS) is 11.7. The Hall–Kier alpha value is -1.49. The number of amides is 1. The number of thiophene rings is 1. The molecule has 0 saturated heterocycles. The molecule has 11 heteroatoms. The van der Waals surface area contributed by atoms with E-state index in [-0.39, 0.29) is 10.8 Å². The molecule has 27 heavy (non-hydrogen) atoms. The largest absolute Gasteiger partial charge is 0.301 e. The number of anilines is 1. The predicted molar refractivity (Wildman–Crippen MR) is 110 cm³/mol. The molecule has 0 aliphatic carbocycles. The summed E-state index contributed by atoms with van der Waals surface area (Å²) in [5, 5.41) is 7.34. The zero-order valence-corrected chi connectivity index (χ0v) is 17.8. The highest BCUT2D eigenvalue weighted by Gasteiger charge is 2.24. The van der Waals surface area contributed by atoms with E-state index in [1.54, 1.807) is 35.0 Å². The Balaban J connectivity index is 1.68. The number of carbonyl (C=O) groups excluding carboxylic acids is 1. The minimum Gasteiger partial charge on any atom is -0.301 e. The fourth-order valence-corrected chi connectivity index (χ4v) is 5.72. The van der Waals surface area contributed by atoms with Crippen LogP contribution in [-0.4, -0.2) is 37.2 Å². The van der Waals surface area contributed by atoms with Gasteiger partial charge in [0.2, 0.25) is 5.91 Å². The summed E-state index contributed by atoms with van der Waals surface area (Å²) >= 11 is 14.4. The molecule has 0 aliphatic rings. The van der Waals surface area contributed by atoms with Gasteiger partial charge in [0, 0.05) is 23.0 Å². The maximum Gasteiger partial charge on any atom is 0.252 e. The summed E-state index contributed by atoms with van der Waals surface area (Å²) in [6, 6.07) is 8.19. The topological polar surface area (TPSA) is 79.4 Å². The van der Waals surface area contributed by atoms with Crippen molar-refractivity contribution < 1.29 is 13.2 Å². The van der Waals surface area contributed by atoms with E-state index in [0.717, 1.165) is 15.6 Å². The van der Waals surface area contributed by atoms with Crippen molar-refractivity contribution >= 4 is 66.9 Å². The Kier molecular flexibility index (Phi) is 6.19. The summed E-state index contributed by atoms with van der Waals surface area (Å²) in [4.78, 5) is 16.5. The van der Waals surface area contributed by atoms with Gasteiger partial charge in [-0.3, -0.25) is 4.79 Å². The highest BCUT2D eigenvalue weighted by Crippen LogP contribution is 2.32. The Morgan fingerprint density at radius 3 is 2.70 bits per heavy atom. The molecule has 1 aromatic carbocycles. The SMILES string of the molecule is CN(CC(=O)Nc1nc(-c2ccc(Cl)cc2Cl)cs1)S(=O)(=O)c1cccs1. The Morgan fingerprint density at radius 2 is 2.04 bits per heavy atom. The van der Waals surface area contributed by atoms with Crippen molar-refractivity contribution in [2.24, 2.45) is 0 Å². The molecule has 0 saturated carbocycles. The van der Waals surface area contributed by atoms with Crippen LogP contribution < -0.4 is 5.32 Å². The van der Waals surface area contributed by atoms with Crippen LogP contribution in [0, 0.1) is 0 Å². The summed E-state index contributed by atoms with van der Waals surface area (Å²) in [6.45, 7) is -0.323. The number of hydrogen-bond donors (Lipinski definition) is 1. The minimum absolute atomic E-state index is 0.187. The number of halogens is 2. The first-order valence-electron chi connectivity index (χ1n) is 7.48. The van der Waals surface area contributed by atoms with Crippen LogP contribution in [0.3, 0.4) is 0 Å². The molecule has 3 rings (SSSR count). The zero-order valence-electron chi connectivity index (χ0n) is 13.8. The van der Waals surface area contributed by atoms with Gasteiger partial charge >= 0.3 is 0 Å². The number of aromatic nitrogens is 1. The van der Waals surface area contributed by atoms with Crippen LogP contribution in [-0.2, 0) is 14.8 Å². The van der Waals surface area contributed by atoms with Crippen LogP contribution in [0.2, 0.25) is 10.0 Å². The van der Waals surface area contributed by atoms with Crippen molar-refractivity contribution in [2.45, 2.75) is 4.21 Å². The number of thiazole rings is 1. The third kappa shape index (κ3) is 4.68. The van der Waals surface area contributed by atoms with Gasteiger partial charge in [0.15, 0.2) is 5.13 Å². The third-order valence-corrected chi connectivity index (χ3v) is 7.97. The van der Waals surface area contributed by atoms with Crippen LogP contribution in [0.5, 0.6) is 0 Å². The molecule has 0 unspecified atom stereocenters. The fourth-order valence-electron chi connectivity index (χ4n) is 2.16. The molecule has 3 aromatic rings. The van der Waals surface area contributed by atoms with Crippen LogP contribution in [0.4, 0.5) is 5.13 Å². The maximum atomic E-state index is 12.4. The maximum absolute atomic E-state index is 12.4. The van der Waals surface area contributed by atoms with Gasteiger partial charge in [-0.1, -0.05) is 29.3 Å². The lowest BCUT2D eigenvalue weighted by Gasteiger charge is -2.15. The van der Waals surface area contributed by atoms with Gasteiger partial charge in [-0.05, 0) is 29.6 Å².